The zero-order valence-corrected chi connectivity index (χ0v) is 12.9. The largest absolute Gasteiger partial charge is 0.356 e. The van der Waals surface area contributed by atoms with Gasteiger partial charge in [-0.1, -0.05) is 13.8 Å². The minimum Gasteiger partial charge on any atom is -0.356 e. The van der Waals surface area contributed by atoms with Gasteiger partial charge in [0.25, 0.3) is 0 Å². The molecule has 0 saturated carbocycles. The molecule has 100 valence electrons. The van der Waals surface area contributed by atoms with Crippen molar-refractivity contribution < 1.29 is 0 Å². The Morgan fingerprint density at radius 3 is 2.41 bits per heavy atom. The van der Waals surface area contributed by atoms with Crippen LogP contribution in [0, 0.1) is 5.41 Å². The van der Waals surface area contributed by atoms with E-state index >= 15 is 0 Å². The molecule has 0 bridgehead atoms. The molecule has 1 heterocycles. The molecule has 1 fully saturated rings. The Morgan fingerprint density at radius 2 is 2.00 bits per heavy atom. The first-order chi connectivity index (χ1) is 7.86. The molecule has 4 heteroatoms. The van der Waals surface area contributed by atoms with E-state index in [9.17, 15) is 0 Å². The highest BCUT2D eigenvalue weighted by Crippen LogP contribution is 2.46. The van der Waals surface area contributed by atoms with E-state index in [0.717, 1.165) is 31.3 Å². The van der Waals surface area contributed by atoms with Gasteiger partial charge in [-0.3, -0.25) is 4.99 Å². The van der Waals surface area contributed by atoms with E-state index in [4.69, 9.17) is 4.99 Å². The molecular formula is C13H27N3S. The number of hydrogen-bond donors (Lipinski definition) is 1. The van der Waals surface area contributed by atoms with Crippen molar-refractivity contribution in [2.75, 3.05) is 31.6 Å². The molecule has 1 aliphatic heterocycles. The van der Waals surface area contributed by atoms with Gasteiger partial charge in [-0.25, -0.2) is 0 Å². The van der Waals surface area contributed by atoms with Gasteiger partial charge in [0, 0.05) is 29.8 Å². The minimum atomic E-state index is 0.188. The van der Waals surface area contributed by atoms with E-state index in [1.54, 1.807) is 0 Å². The number of nitrogens with one attached hydrogen (secondary N) is 1. The molecule has 1 N–H and O–H groups in total. The number of likely N-dealkylation sites (tertiary alicyclic amines) is 1. The standard InChI is InChI=1S/C13H27N3S/c1-7-14-11(15-8-9-17-6)16-10-12(2,3)13(16,4)5/h7-10H2,1-6H3,(H,14,15). The maximum atomic E-state index is 4.70. The van der Waals surface area contributed by atoms with Crippen LogP contribution in [0.2, 0.25) is 0 Å². The van der Waals surface area contributed by atoms with Gasteiger partial charge in [0.2, 0.25) is 0 Å². The third-order valence-corrected chi connectivity index (χ3v) is 4.62. The van der Waals surface area contributed by atoms with Crippen LogP contribution in [0.5, 0.6) is 0 Å². The second-order valence-corrected chi connectivity index (χ2v) is 6.74. The fourth-order valence-electron chi connectivity index (χ4n) is 2.04. The lowest BCUT2D eigenvalue weighted by Gasteiger charge is -2.62. The quantitative estimate of drug-likeness (QED) is 0.476. The average molecular weight is 257 g/mol. The molecular weight excluding hydrogens is 230 g/mol. The average Bonchev–Trinajstić information content (AvgIpc) is 2.25. The third-order valence-electron chi connectivity index (χ3n) is 4.03. The molecule has 0 radical (unpaired) electrons. The fraction of sp³-hybridized carbons (Fsp3) is 0.923. The monoisotopic (exact) mass is 257 g/mol. The van der Waals surface area contributed by atoms with E-state index in [2.05, 4.69) is 51.1 Å². The van der Waals surface area contributed by atoms with Crippen LogP contribution in [0.3, 0.4) is 0 Å². The van der Waals surface area contributed by atoms with Crippen LogP contribution in [0.4, 0.5) is 0 Å². The van der Waals surface area contributed by atoms with E-state index in [1.807, 2.05) is 11.8 Å². The molecule has 1 aliphatic rings. The second-order valence-electron chi connectivity index (χ2n) is 5.76. The van der Waals surface area contributed by atoms with Crippen molar-refractivity contribution >= 4 is 17.7 Å². The van der Waals surface area contributed by atoms with E-state index in [-0.39, 0.29) is 5.54 Å². The van der Waals surface area contributed by atoms with Gasteiger partial charge < -0.3 is 10.2 Å². The van der Waals surface area contributed by atoms with E-state index in [0.29, 0.717) is 5.41 Å². The van der Waals surface area contributed by atoms with Gasteiger partial charge in [-0.05, 0) is 27.0 Å². The van der Waals surface area contributed by atoms with Gasteiger partial charge in [-0.2, -0.15) is 11.8 Å². The summed E-state index contributed by atoms with van der Waals surface area (Å²) in [5.41, 5.74) is 0.552. The molecule has 3 nitrogen and oxygen atoms in total. The van der Waals surface area contributed by atoms with Crippen LogP contribution in [-0.2, 0) is 0 Å². The number of thioether (sulfide) groups is 1. The Morgan fingerprint density at radius 1 is 1.35 bits per heavy atom. The summed E-state index contributed by atoms with van der Waals surface area (Å²) in [4.78, 5) is 7.10. The lowest BCUT2D eigenvalue weighted by Crippen LogP contribution is -2.72. The number of rotatable bonds is 4. The molecule has 0 aliphatic carbocycles. The Bertz CT molecular complexity index is 284. The summed E-state index contributed by atoms with van der Waals surface area (Å²) in [6, 6.07) is 0. The summed E-state index contributed by atoms with van der Waals surface area (Å²) in [7, 11) is 0. The predicted molar refractivity (Wildman–Crippen MR) is 78.9 cm³/mol. The number of hydrogen-bond acceptors (Lipinski definition) is 2. The van der Waals surface area contributed by atoms with Crippen LogP contribution >= 0.6 is 11.8 Å². The number of guanidine groups is 1. The normalized spacial score (nSPS) is 22.2. The second kappa shape index (κ2) is 5.51. The molecule has 1 saturated heterocycles. The number of aliphatic imine (C=N–C) groups is 1. The summed E-state index contributed by atoms with van der Waals surface area (Å²) >= 11 is 1.85. The summed E-state index contributed by atoms with van der Waals surface area (Å²) < 4.78 is 0. The first-order valence-electron chi connectivity index (χ1n) is 6.41. The first kappa shape index (κ1) is 14.7. The van der Waals surface area contributed by atoms with E-state index in [1.165, 1.54) is 0 Å². The van der Waals surface area contributed by atoms with Crippen LogP contribution < -0.4 is 5.32 Å². The maximum absolute atomic E-state index is 4.70. The van der Waals surface area contributed by atoms with Crippen LogP contribution in [0.15, 0.2) is 4.99 Å². The molecule has 0 aromatic carbocycles. The minimum absolute atomic E-state index is 0.188. The lowest BCUT2D eigenvalue weighted by atomic mass is 9.65. The van der Waals surface area contributed by atoms with Crippen molar-refractivity contribution in [2.24, 2.45) is 10.4 Å². The highest BCUT2D eigenvalue weighted by Gasteiger charge is 2.53. The molecule has 0 aromatic heterocycles. The van der Waals surface area contributed by atoms with Crippen LogP contribution in [0.25, 0.3) is 0 Å². The highest BCUT2D eigenvalue weighted by atomic mass is 32.2. The lowest BCUT2D eigenvalue weighted by molar-refractivity contribution is -0.0667. The Kier molecular flexibility index (Phi) is 4.76. The van der Waals surface area contributed by atoms with Crippen molar-refractivity contribution in [3.05, 3.63) is 0 Å². The van der Waals surface area contributed by atoms with Crippen molar-refractivity contribution in [3.63, 3.8) is 0 Å². The fourth-order valence-corrected chi connectivity index (χ4v) is 2.31. The van der Waals surface area contributed by atoms with Gasteiger partial charge in [0.05, 0.1) is 6.54 Å². The Balaban J connectivity index is 2.70. The van der Waals surface area contributed by atoms with Crippen molar-refractivity contribution in [1.29, 1.82) is 0 Å². The summed E-state index contributed by atoms with van der Waals surface area (Å²) in [6.45, 7) is 14.3. The molecule has 17 heavy (non-hydrogen) atoms. The van der Waals surface area contributed by atoms with E-state index < -0.39 is 0 Å². The zero-order chi connectivity index (χ0) is 13.1. The summed E-state index contributed by atoms with van der Waals surface area (Å²) in [5.74, 6) is 2.16. The van der Waals surface area contributed by atoms with Crippen molar-refractivity contribution in [1.82, 2.24) is 10.2 Å². The van der Waals surface area contributed by atoms with Gasteiger partial charge in [-0.15, -0.1) is 0 Å². The maximum Gasteiger partial charge on any atom is 0.194 e. The molecule has 0 atom stereocenters. The Labute approximate surface area is 110 Å². The SMILES string of the molecule is CCNC(=NCCSC)N1CC(C)(C)C1(C)C. The molecule has 1 rings (SSSR count). The molecule has 0 unspecified atom stereocenters. The third kappa shape index (κ3) is 2.90. The topological polar surface area (TPSA) is 27.6 Å². The highest BCUT2D eigenvalue weighted by molar-refractivity contribution is 7.98. The van der Waals surface area contributed by atoms with Crippen LogP contribution in [-0.4, -0.2) is 48.0 Å². The van der Waals surface area contributed by atoms with Gasteiger partial charge in [0.15, 0.2) is 5.96 Å². The predicted octanol–water partition coefficient (Wildman–Crippen LogP) is 2.44. The summed E-state index contributed by atoms with van der Waals surface area (Å²) in [5, 5.41) is 3.40. The smallest absolute Gasteiger partial charge is 0.194 e. The van der Waals surface area contributed by atoms with Crippen molar-refractivity contribution in [3.8, 4) is 0 Å². The molecule has 0 aromatic rings. The van der Waals surface area contributed by atoms with Crippen LogP contribution in [0.1, 0.15) is 34.6 Å². The zero-order valence-electron chi connectivity index (χ0n) is 12.1. The van der Waals surface area contributed by atoms with Gasteiger partial charge >= 0.3 is 0 Å². The number of nitrogens with zero attached hydrogens (tertiary/aromatic N) is 2. The summed E-state index contributed by atoms with van der Waals surface area (Å²) in [6.07, 6.45) is 2.12. The van der Waals surface area contributed by atoms with Gasteiger partial charge in [0.1, 0.15) is 0 Å². The first-order valence-corrected chi connectivity index (χ1v) is 7.81. The Hall–Kier alpha value is -0.380. The molecule has 0 amide bonds. The molecule has 0 spiro atoms. The van der Waals surface area contributed by atoms with Crippen molar-refractivity contribution in [2.45, 2.75) is 40.2 Å².